The summed E-state index contributed by atoms with van der Waals surface area (Å²) in [6.07, 6.45) is -4.72. The second-order valence-electron chi connectivity index (χ2n) is 5.11. The van der Waals surface area contributed by atoms with Crippen LogP contribution in [0, 0.1) is 5.82 Å². The maximum atomic E-state index is 12.9. The molecule has 1 N–H and O–H groups in total. The molecule has 0 aliphatic rings. The molecule has 0 amide bonds. The number of nitrogens with zero attached hydrogens (tertiary/aromatic N) is 1. The van der Waals surface area contributed by atoms with Crippen molar-refractivity contribution in [3.8, 4) is 17.0 Å². The Bertz CT molecular complexity index is 846. The first kappa shape index (κ1) is 16.8. The number of anilines is 2. The van der Waals surface area contributed by atoms with Crippen molar-refractivity contribution in [2.45, 2.75) is 6.36 Å². The smallest absolute Gasteiger partial charge is 0.406 e. The molecule has 7 heteroatoms. The average Bonchev–Trinajstić information content (AvgIpc) is 2.56. The molecule has 1 aromatic heterocycles. The second-order valence-corrected chi connectivity index (χ2v) is 5.11. The number of halogens is 4. The van der Waals surface area contributed by atoms with Gasteiger partial charge in [0.05, 0.1) is 5.69 Å². The quantitative estimate of drug-likeness (QED) is 0.630. The van der Waals surface area contributed by atoms with Crippen molar-refractivity contribution in [1.82, 2.24) is 4.98 Å². The summed E-state index contributed by atoms with van der Waals surface area (Å²) < 4.78 is 53.3. The molecular weight excluding hydrogens is 336 g/mol. The zero-order chi connectivity index (χ0) is 17.9. The van der Waals surface area contributed by atoms with Crippen LogP contribution >= 0.6 is 0 Å². The van der Waals surface area contributed by atoms with E-state index in [9.17, 15) is 17.6 Å². The Balaban J connectivity index is 1.78. The average molecular weight is 348 g/mol. The van der Waals surface area contributed by atoms with Gasteiger partial charge in [0.2, 0.25) is 0 Å². The molecule has 0 radical (unpaired) electrons. The Morgan fingerprint density at radius 1 is 0.840 bits per heavy atom. The Hall–Kier alpha value is -3.09. The monoisotopic (exact) mass is 348 g/mol. The van der Waals surface area contributed by atoms with Crippen molar-refractivity contribution in [3.05, 3.63) is 72.5 Å². The first-order valence-corrected chi connectivity index (χ1v) is 7.25. The predicted octanol–water partition coefficient (Wildman–Crippen LogP) is 5.53. The summed E-state index contributed by atoms with van der Waals surface area (Å²) in [6.45, 7) is 0. The molecule has 1 heterocycles. The van der Waals surface area contributed by atoms with Crippen molar-refractivity contribution < 1.29 is 22.3 Å². The van der Waals surface area contributed by atoms with Crippen LogP contribution in [-0.4, -0.2) is 11.3 Å². The van der Waals surface area contributed by atoms with Crippen LogP contribution in [0.3, 0.4) is 0 Å². The van der Waals surface area contributed by atoms with Crippen LogP contribution in [0.15, 0.2) is 66.7 Å². The number of aromatic nitrogens is 1. The summed E-state index contributed by atoms with van der Waals surface area (Å²) in [5.41, 5.74) is 1.88. The van der Waals surface area contributed by atoms with E-state index < -0.39 is 6.36 Å². The van der Waals surface area contributed by atoms with Gasteiger partial charge in [-0.15, -0.1) is 13.2 Å². The molecule has 0 unspecified atom stereocenters. The maximum Gasteiger partial charge on any atom is 0.573 e. The Morgan fingerprint density at radius 2 is 1.52 bits per heavy atom. The van der Waals surface area contributed by atoms with Crippen LogP contribution in [0.4, 0.5) is 29.1 Å². The van der Waals surface area contributed by atoms with E-state index in [0.717, 1.165) is 0 Å². The lowest BCUT2D eigenvalue weighted by atomic mass is 10.1. The van der Waals surface area contributed by atoms with E-state index in [-0.39, 0.29) is 11.6 Å². The van der Waals surface area contributed by atoms with Gasteiger partial charge in [-0.25, -0.2) is 9.37 Å². The Kier molecular flexibility index (Phi) is 4.56. The molecule has 3 rings (SSSR count). The van der Waals surface area contributed by atoms with Gasteiger partial charge in [0.25, 0.3) is 0 Å². The number of pyridine rings is 1. The van der Waals surface area contributed by atoms with Crippen molar-refractivity contribution in [1.29, 1.82) is 0 Å². The third kappa shape index (κ3) is 4.69. The lowest BCUT2D eigenvalue weighted by molar-refractivity contribution is -0.274. The van der Waals surface area contributed by atoms with Gasteiger partial charge in [0.1, 0.15) is 17.4 Å². The summed E-state index contributed by atoms with van der Waals surface area (Å²) in [6, 6.07) is 16.5. The van der Waals surface area contributed by atoms with Crippen LogP contribution in [0.5, 0.6) is 5.75 Å². The predicted molar refractivity (Wildman–Crippen MR) is 86.0 cm³/mol. The minimum absolute atomic E-state index is 0.295. The molecule has 25 heavy (non-hydrogen) atoms. The van der Waals surface area contributed by atoms with E-state index in [1.54, 1.807) is 30.3 Å². The fraction of sp³-hybridized carbons (Fsp3) is 0.0556. The zero-order valence-electron chi connectivity index (χ0n) is 12.7. The SMILES string of the molecule is Fc1ccc(Nc2cccc(-c3ccc(OC(F)(F)F)cc3)n2)cc1. The topological polar surface area (TPSA) is 34.1 Å². The van der Waals surface area contributed by atoms with Gasteiger partial charge in [-0.1, -0.05) is 6.07 Å². The maximum absolute atomic E-state index is 12.9. The molecule has 0 aliphatic heterocycles. The molecule has 0 spiro atoms. The van der Waals surface area contributed by atoms with Gasteiger partial charge in [-0.3, -0.25) is 0 Å². The highest BCUT2D eigenvalue weighted by atomic mass is 19.4. The van der Waals surface area contributed by atoms with Crippen molar-refractivity contribution in [2.24, 2.45) is 0 Å². The van der Waals surface area contributed by atoms with Crippen LogP contribution in [0.25, 0.3) is 11.3 Å². The van der Waals surface area contributed by atoms with Gasteiger partial charge in [-0.05, 0) is 60.7 Å². The summed E-state index contributed by atoms with van der Waals surface area (Å²) in [5, 5.41) is 3.03. The fourth-order valence-corrected chi connectivity index (χ4v) is 2.17. The van der Waals surface area contributed by atoms with E-state index in [1.165, 1.54) is 36.4 Å². The Labute approximate surface area is 140 Å². The number of benzene rings is 2. The van der Waals surface area contributed by atoms with Crippen LogP contribution in [0.2, 0.25) is 0 Å². The summed E-state index contributed by atoms with van der Waals surface area (Å²) >= 11 is 0. The van der Waals surface area contributed by atoms with Crippen LogP contribution in [-0.2, 0) is 0 Å². The van der Waals surface area contributed by atoms with Gasteiger partial charge in [0, 0.05) is 11.3 Å². The molecule has 0 atom stereocenters. The van der Waals surface area contributed by atoms with Crippen molar-refractivity contribution >= 4 is 11.5 Å². The van der Waals surface area contributed by atoms with Gasteiger partial charge in [-0.2, -0.15) is 0 Å². The van der Waals surface area contributed by atoms with E-state index in [4.69, 9.17) is 0 Å². The number of hydrogen-bond donors (Lipinski definition) is 1. The van der Waals surface area contributed by atoms with Gasteiger partial charge >= 0.3 is 6.36 Å². The van der Waals surface area contributed by atoms with Crippen molar-refractivity contribution in [2.75, 3.05) is 5.32 Å². The van der Waals surface area contributed by atoms with E-state index >= 15 is 0 Å². The lowest BCUT2D eigenvalue weighted by Gasteiger charge is -2.10. The van der Waals surface area contributed by atoms with E-state index in [1.807, 2.05) is 0 Å². The van der Waals surface area contributed by atoms with Gasteiger partial charge < -0.3 is 10.1 Å². The number of ether oxygens (including phenoxy) is 1. The molecule has 128 valence electrons. The first-order valence-electron chi connectivity index (χ1n) is 7.25. The summed E-state index contributed by atoms with van der Waals surface area (Å²) in [4.78, 5) is 4.40. The molecule has 2 aromatic carbocycles. The third-order valence-corrected chi connectivity index (χ3v) is 3.25. The van der Waals surface area contributed by atoms with Gasteiger partial charge in [0.15, 0.2) is 0 Å². The highest BCUT2D eigenvalue weighted by Crippen LogP contribution is 2.26. The molecule has 0 fully saturated rings. The molecule has 0 bridgehead atoms. The normalized spacial score (nSPS) is 11.2. The summed E-state index contributed by atoms with van der Waals surface area (Å²) in [5.74, 6) is -0.106. The highest BCUT2D eigenvalue weighted by molar-refractivity contribution is 5.64. The third-order valence-electron chi connectivity index (χ3n) is 3.25. The van der Waals surface area contributed by atoms with Crippen LogP contribution < -0.4 is 10.1 Å². The van der Waals surface area contributed by atoms with E-state index in [2.05, 4.69) is 15.0 Å². The minimum atomic E-state index is -4.72. The second kappa shape index (κ2) is 6.80. The Morgan fingerprint density at radius 3 is 2.16 bits per heavy atom. The molecule has 3 aromatic rings. The largest absolute Gasteiger partial charge is 0.573 e. The minimum Gasteiger partial charge on any atom is -0.406 e. The molecule has 0 saturated heterocycles. The van der Waals surface area contributed by atoms with E-state index in [0.29, 0.717) is 22.8 Å². The molecule has 0 aliphatic carbocycles. The van der Waals surface area contributed by atoms with Crippen LogP contribution in [0.1, 0.15) is 0 Å². The lowest BCUT2D eigenvalue weighted by Crippen LogP contribution is -2.16. The zero-order valence-corrected chi connectivity index (χ0v) is 12.7. The molecular formula is C18H12F4N2O. The number of rotatable bonds is 4. The molecule has 0 saturated carbocycles. The standard InChI is InChI=1S/C18H12F4N2O/c19-13-6-8-14(9-7-13)23-17-3-1-2-16(24-17)12-4-10-15(11-5-12)25-18(20,21)22/h1-11H,(H,23,24). The fourth-order valence-electron chi connectivity index (χ4n) is 2.17. The summed E-state index contributed by atoms with van der Waals surface area (Å²) in [7, 11) is 0. The molecule has 3 nitrogen and oxygen atoms in total. The number of alkyl halides is 3. The number of hydrogen-bond acceptors (Lipinski definition) is 3. The number of nitrogens with one attached hydrogen (secondary N) is 1. The highest BCUT2D eigenvalue weighted by Gasteiger charge is 2.30. The van der Waals surface area contributed by atoms with Crippen molar-refractivity contribution in [3.63, 3.8) is 0 Å². The first-order chi connectivity index (χ1) is 11.9.